The Labute approximate surface area is 109 Å². The number of esters is 1. The molecule has 3 rings (SSSR count). The van der Waals surface area contributed by atoms with Crippen molar-refractivity contribution in [2.45, 2.75) is 52.6 Å². The van der Waals surface area contributed by atoms with E-state index in [2.05, 4.69) is 13.8 Å². The van der Waals surface area contributed by atoms with Crippen LogP contribution in [-0.2, 0) is 14.3 Å². The molecule has 0 aromatic heterocycles. The first-order valence-corrected chi connectivity index (χ1v) is 7.20. The van der Waals surface area contributed by atoms with Crippen molar-refractivity contribution >= 4 is 5.97 Å². The summed E-state index contributed by atoms with van der Waals surface area (Å²) in [7, 11) is 0. The zero-order valence-corrected chi connectivity index (χ0v) is 11.4. The van der Waals surface area contributed by atoms with E-state index in [0.717, 1.165) is 12.8 Å². The summed E-state index contributed by atoms with van der Waals surface area (Å²) in [5, 5.41) is 0. The highest BCUT2D eigenvalue weighted by Gasteiger charge is 2.46. The molecule has 5 atom stereocenters. The number of rotatable bonds is 0. The predicted molar refractivity (Wildman–Crippen MR) is 67.4 cm³/mol. The molecule has 0 N–H and O–H groups in total. The smallest absolute Gasteiger partial charge is 0.317 e. The summed E-state index contributed by atoms with van der Waals surface area (Å²) < 4.78 is 11.3. The van der Waals surface area contributed by atoms with E-state index in [-0.39, 0.29) is 18.0 Å². The minimum atomic E-state index is -0.110. The van der Waals surface area contributed by atoms with Crippen LogP contribution in [0.15, 0.2) is 11.5 Å². The van der Waals surface area contributed by atoms with E-state index in [1.807, 2.05) is 6.92 Å². The van der Waals surface area contributed by atoms with E-state index < -0.39 is 0 Å². The summed E-state index contributed by atoms with van der Waals surface area (Å²) in [4.78, 5) is 11.9. The van der Waals surface area contributed by atoms with Crippen LogP contribution >= 0.6 is 0 Å². The predicted octanol–water partition coefficient (Wildman–Crippen LogP) is 3.25. The molecular weight excluding hydrogens is 228 g/mol. The molecule has 0 aromatic carbocycles. The Balaban J connectivity index is 2.04. The molecule has 0 aromatic rings. The minimum Gasteiger partial charge on any atom is -0.462 e. The molecule has 18 heavy (non-hydrogen) atoms. The molecule has 1 saturated carbocycles. The number of carbonyl (C=O) groups excluding carboxylic acids is 1. The van der Waals surface area contributed by atoms with Crippen molar-refractivity contribution in [2.75, 3.05) is 0 Å². The molecule has 0 saturated heterocycles. The van der Waals surface area contributed by atoms with Gasteiger partial charge in [0.2, 0.25) is 0 Å². The van der Waals surface area contributed by atoms with E-state index in [4.69, 9.17) is 9.47 Å². The third-order valence-electron chi connectivity index (χ3n) is 5.02. The maximum Gasteiger partial charge on any atom is 0.317 e. The zero-order chi connectivity index (χ0) is 12.9. The van der Waals surface area contributed by atoms with E-state index in [1.165, 1.54) is 18.4 Å². The Morgan fingerprint density at radius 3 is 2.50 bits per heavy atom. The molecule has 2 aliphatic heterocycles. The maximum atomic E-state index is 11.9. The quantitative estimate of drug-likeness (QED) is 0.619. The summed E-state index contributed by atoms with van der Waals surface area (Å²) in [5.41, 5.74) is 1.31. The average Bonchev–Trinajstić information content (AvgIpc) is 2.49. The van der Waals surface area contributed by atoms with Gasteiger partial charge < -0.3 is 9.47 Å². The molecule has 1 fully saturated rings. The van der Waals surface area contributed by atoms with Gasteiger partial charge in [0.25, 0.3) is 5.95 Å². The second-order valence-electron chi connectivity index (χ2n) is 6.23. The first kappa shape index (κ1) is 12.1. The molecule has 2 heterocycles. The number of hydrogen-bond donors (Lipinski definition) is 0. The Kier molecular flexibility index (Phi) is 2.87. The maximum absolute atomic E-state index is 11.9. The molecule has 0 spiro atoms. The first-order valence-electron chi connectivity index (χ1n) is 7.20. The second kappa shape index (κ2) is 4.29. The monoisotopic (exact) mass is 250 g/mol. The van der Waals surface area contributed by atoms with Crippen LogP contribution in [-0.4, -0.2) is 12.1 Å². The lowest BCUT2D eigenvalue weighted by Gasteiger charge is -2.41. The molecule has 3 aliphatic rings. The average molecular weight is 250 g/mol. The SMILES string of the molecule is CC1CCC2C3=C(OC(=O)[C@H](C)C3CC[C@H]2C)O1. The Hall–Kier alpha value is -0.990. The molecule has 3 heteroatoms. The number of hydrogen-bond acceptors (Lipinski definition) is 3. The highest BCUT2D eigenvalue weighted by molar-refractivity contribution is 5.75. The molecule has 1 aliphatic carbocycles. The number of carbonyl (C=O) groups is 1. The highest BCUT2D eigenvalue weighted by atomic mass is 16.7. The van der Waals surface area contributed by atoms with Crippen LogP contribution < -0.4 is 0 Å². The molecule has 0 radical (unpaired) electrons. The van der Waals surface area contributed by atoms with Crippen molar-refractivity contribution in [2.24, 2.45) is 23.7 Å². The standard InChI is InChI=1S/C15H22O3/c1-8-4-6-12-10(3)14(16)18-15-13(12)11(8)7-5-9(2)17-15/h8-12H,4-7H2,1-3H3/t8-,9?,10-,11?,12?/m1/s1. The minimum absolute atomic E-state index is 0.00393. The van der Waals surface area contributed by atoms with Crippen LogP contribution in [0.2, 0.25) is 0 Å². The summed E-state index contributed by atoms with van der Waals surface area (Å²) in [6.07, 6.45) is 4.71. The van der Waals surface area contributed by atoms with Crippen LogP contribution in [0.5, 0.6) is 0 Å². The summed E-state index contributed by atoms with van der Waals surface area (Å²) >= 11 is 0. The fourth-order valence-electron chi connectivity index (χ4n) is 3.80. The first-order chi connectivity index (χ1) is 8.58. The summed E-state index contributed by atoms with van der Waals surface area (Å²) in [5.74, 6) is 2.04. The van der Waals surface area contributed by atoms with Gasteiger partial charge in [0, 0.05) is 11.5 Å². The van der Waals surface area contributed by atoms with E-state index >= 15 is 0 Å². The lowest BCUT2D eigenvalue weighted by Crippen LogP contribution is -2.38. The van der Waals surface area contributed by atoms with Gasteiger partial charge in [-0.3, -0.25) is 4.79 Å². The third-order valence-corrected chi connectivity index (χ3v) is 5.02. The molecule has 3 nitrogen and oxygen atoms in total. The van der Waals surface area contributed by atoms with Gasteiger partial charge in [-0.05, 0) is 44.4 Å². The second-order valence-corrected chi connectivity index (χ2v) is 6.23. The van der Waals surface area contributed by atoms with E-state index in [9.17, 15) is 4.79 Å². The van der Waals surface area contributed by atoms with Crippen molar-refractivity contribution in [3.05, 3.63) is 11.5 Å². The van der Waals surface area contributed by atoms with E-state index in [0.29, 0.717) is 23.7 Å². The normalized spacial score (nSPS) is 43.7. The van der Waals surface area contributed by atoms with Gasteiger partial charge in [0.1, 0.15) is 0 Å². The van der Waals surface area contributed by atoms with Gasteiger partial charge in [0.15, 0.2) is 0 Å². The van der Waals surface area contributed by atoms with Crippen LogP contribution in [0.25, 0.3) is 0 Å². The largest absolute Gasteiger partial charge is 0.462 e. The molecular formula is C15H22O3. The topological polar surface area (TPSA) is 35.5 Å². The number of ether oxygens (including phenoxy) is 2. The zero-order valence-electron chi connectivity index (χ0n) is 11.4. The summed E-state index contributed by atoms with van der Waals surface area (Å²) in [6.45, 7) is 6.39. The van der Waals surface area contributed by atoms with Crippen molar-refractivity contribution in [1.29, 1.82) is 0 Å². The molecule has 100 valence electrons. The van der Waals surface area contributed by atoms with Crippen LogP contribution in [0, 0.1) is 23.7 Å². The van der Waals surface area contributed by atoms with Crippen molar-refractivity contribution in [1.82, 2.24) is 0 Å². The van der Waals surface area contributed by atoms with Crippen LogP contribution in [0.1, 0.15) is 46.5 Å². The third kappa shape index (κ3) is 1.75. The van der Waals surface area contributed by atoms with Crippen LogP contribution in [0.3, 0.4) is 0 Å². The number of allylic oxidation sites excluding steroid dienone is 1. The lowest BCUT2D eigenvalue weighted by atomic mass is 9.65. The fourth-order valence-corrected chi connectivity index (χ4v) is 3.80. The van der Waals surface area contributed by atoms with Gasteiger partial charge in [-0.1, -0.05) is 13.8 Å². The van der Waals surface area contributed by atoms with Crippen LogP contribution in [0.4, 0.5) is 0 Å². The molecule has 0 amide bonds. The van der Waals surface area contributed by atoms with Gasteiger partial charge in [-0.25, -0.2) is 0 Å². The van der Waals surface area contributed by atoms with E-state index in [1.54, 1.807) is 0 Å². The Bertz CT molecular complexity index is 399. The fraction of sp³-hybridized carbons (Fsp3) is 0.800. The van der Waals surface area contributed by atoms with Gasteiger partial charge in [0.05, 0.1) is 12.0 Å². The lowest BCUT2D eigenvalue weighted by molar-refractivity contribution is -0.156. The van der Waals surface area contributed by atoms with Crippen molar-refractivity contribution in [3.63, 3.8) is 0 Å². The summed E-state index contributed by atoms with van der Waals surface area (Å²) in [6, 6.07) is 0. The van der Waals surface area contributed by atoms with Gasteiger partial charge >= 0.3 is 5.97 Å². The molecule has 0 bridgehead atoms. The van der Waals surface area contributed by atoms with Crippen molar-refractivity contribution in [3.8, 4) is 0 Å². The highest BCUT2D eigenvalue weighted by Crippen LogP contribution is 2.49. The Morgan fingerprint density at radius 2 is 1.72 bits per heavy atom. The van der Waals surface area contributed by atoms with Gasteiger partial charge in [-0.2, -0.15) is 0 Å². The van der Waals surface area contributed by atoms with Gasteiger partial charge in [-0.15, -0.1) is 0 Å². The Morgan fingerprint density at radius 1 is 1.00 bits per heavy atom. The molecule has 3 unspecified atom stereocenters. The van der Waals surface area contributed by atoms with Crippen molar-refractivity contribution < 1.29 is 14.3 Å².